The van der Waals surface area contributed by atoms with Crippen molar-refractivity contribution in [3.8, 4) is 34.3 Å². The maximum absolute atomic E-state index is 13.7. The summed E-state index contributed by atoms with van der Waals surface area (Å²) in [5, 5.41) is 10.6. The van der Waals surface area contributed by atoms with Crippen molar-refractivity contribution in [3.63, 3.8) is 0 Å². The summed E-state index contributed by atoms with van der Waals surface area (Å²) in [6.45, 7) is 1.59. The Bertz CT molecular complexity index is 2040. The highest BCUT2D eigenvalue weighted by Crippen LogP contribution is 2.41. The molecule has 5 heterocycles. The molecule has 9 rings (SSSR count). The number of fused-ring (bicyclic) bond motifs is 5. The number of imidazole rings is 1. The highest BCUT2D eigenvalue weighted by Gasteiger charge is 2.47. The molecule has 0 radical (unpaired) electrons. The van der Waals surface area contributed by atoms with Gasteiger partial charge in [-0.2, -0.15) is 0 Å². The Morgan fingerprint density at radius 3 is 2.70 bits per heavy atom. The number of aliphatic hydroxyl groups is 1. The predicted molar refractivity (Wildman–Crippen MR) is 175 cm³/mol. The number of aliphatic hydroxyl groups excluding tert-OH is 1. The number of nitrogens with zero attached hydrogens (tertiary/aromatic N) is 5. The van der Waals surface area contributed by atoms with Crippen LogP contribution in [0.3, 0.4) is 0 Å². The topological polar surface area (TPSA) is 121 Å². The first-order valence-electron chi connectivity index (χ1n) is 16.4. The third-order valence-corrected chi connectivity index (χ3v) is 10.7. The molecular formula is C36H38N6O4. The van der Waals surface area contributed by atoms with Crippen LogP contribution in [-0.2, 0) is 20.0 Å². The number of aryl methyl sites for hydroxylation is 1. The van der Waals surface area contributed by atoms with Crippen LogP contribution in [0.25, 0.3) is 44.8 Å². The minimum absolute atomic E-state index is 0.000344. The van der Waals surface area contributed by atoms with Gasteiger partial charge in [0.25, 0.3) is 5.91 Å². The normalized spacial score (nSPS) is 23.4. The number of ether oxygens (including phenoxy) is 2. The third kappa shape index (κ3) is 4.26. The minimum atomic E-state index is -0.186. The first kappa shape index (κ1) is 27.9. The van der Waals surface area contributed by atoms with Crippen molar-refractivity contribution in [2.45, 2.75) is 56.8 Å². The maximum Gasteiger partial charge on any atom is 0.254 e. The number of aromatic nitrogens is 4. The molecule has 10 heteroatoms. The second-order valence-corrected chi connectivity index (χ2v) is 13.6. The van der Waals surface area contributed by atoms with Gasteiger partial charge in [0.1, 0.15) is 28.8 Å². The van der Waals surface area contributed by atoms with Crippen LogP contribution in [0, 0.1) is 11.8 Å². The molecule has 5 aromatic rings. The number of carbonyl (C=O) groups excluding carboxylic acids is 1. The van der Waals surface area contributed by atoms with Crippen LogP contribution < -0.4 is 15.2 Å². The van der Waals surface area contributed by atoms with Crippen molar-refractivity contribution in [3.05, 3.63) is 59.7 Å². The Morgan fingerprint density at radius 1 is 1.09 bits per heavy atom. The number of nitrogens with two attached hydrogens (primary N) is 1. The first-order chi connectivity index (χ1) is 22.4. The van der Waals surface area contributed by atoms with Gasteiger partial charge in [0, 0.05) is 55.2 Å². The molecule has 4 unspecified atom stereocenters. The van der Waals surface area contributed by atoms with Gasteiger partial charge in [0.05, 0.1) is 30.6 Å². The zero-order valence-corrected chi connectivity index (χ0v) is 26.1. The fourth-order valence-electron chi connectivity index (χ4n) is 8.06. The summed E-state index contributed by atoms with van der Waals surface area (Å²) < 4.78 is 16.1. The molecule has 2 aliphatic heterocycles. The molecule has 10 nitrogen and oxygen atoms in total. The smallest absolute Gasteiger partial charge is 0.254 e. The number of rotatable bonds is 7. The molecule has 2 saturated carbocycles. The quantitative estimate of drug-likeness (QED) is 0.275. The summed E-state index contributed by atoms with van der Waals surface area (Å²) in [6.07, 6.45) is 4.99. The molecule has 4 atom stereocenters. The van der Waals surface area contributed by atoms with Crippen molar-refractivity contribution >= 4 is 28.0 Å². The summed E-state index contributed by atoms with van der Waals surface area (Å²) in [5.41, 5.74) is 13.5. The lowest BCUT2D eigenvalue weighted by molar-refractivity contribution is 0.0700. The summed E-state index contributed by atoms with van der Waals surface area (Å²) in [4.78, 5) is 26.1. The van der Waals surface area contributed by atoms with Crippen molar-refractivity contribution < 1.29 is 19.4 Å². The number of hydrogen-bond donors (Lipinski definition) is 2. The van der Waals surface area contributed by atoms with E-state index >= 15 is 0 Å². The molecule has 46 heavy (non-hydrogen) atoms. The number of likely N-dealkylation sites (tertiary alicyclic amines) is 1. The van der Waals surface area contributed by atoms with Gasteiger partial charge in [-0.25, -0.2) is 9.97 Å². The monoisotopic (exact) mass is 618 g/mol. The first-order valence-corrected chi connectivity index (χ1v) is 16.4. The Hall–Kier alpha value is -4.41. The molecule has 0 spiro atoms. The summed E-state index contributed by atoms with van der Waals surface area (Å²) in [6, 6.07) is 16.5. The van der Waals surface area contributed by atoms with E-state index in [1.54, 1.807) is 7.11 Å². The third-order valence-electron chi connectivity index (χ3n) is 10.7. The Balaban J connectivity index is 1.13. The minimum Gasteiger partial charge on any atom is -0.494 e. The van der Waals surface area contributed by atoms with Crippen LogP contribution in [0.15, 0.2) is 48.5 Å². The van der Waals surface area contributed by atoms with Crippen LogP contribution in [0.5, 0.6) is 11.5 Å². The van der Waals surface area contributed by atoms with Crippen LogP contribution in [-0.4, -0.2) is 73.5 Å². The lowest BCUT2D eigenvalue weighted by atomic mass is 10.0. The molecule has 1 amide bonds. The van der Waals surface area contributed by atoms with Gasteiger partial charge in [0.2, 0.25) is 0 Å². The van der Waals surface area contributed by atoms with Gasteiger partial charge in [-0.3, -0.25) is 4.79 Å². The lowest BCUT2D eigenvalue weighted by Crippen LogP contribution is -2.41. The van der Waals surface area contributed by atoms with Crippen LogP contribution in [0.2, 0.25) is 0 Å². The van der Waals surface area contributed by atoms with Gasteiger partial charge < -0.3 is 34.3 Å². The highest BCUT2D eigenvalue weighted by atomic mass is 16.5. The zero-order chi connectivity index (χ0) is 31.3. The average Bonchev–Trinajstić information content (AvgIpc) is 3.33. The number of methoxy groups -OCH3 is 1. The van der Waals surface area contributed by atoms with Gasteiger partial charge in [-0.15, -0.1) is 0 Å². The molecule has 236 valence electrons. The summed E-state index contributed by atoms with van der Waals surface area (Å²) in [5.74, 6) is 3.28. The van der Waals surface area contributed by atoms with Gasteiger partial charge in [0.15, 0.2) is 5.82 Å². The standard InChI is InChI=1S/C36H38N6O4/c1-40-33-27(13-24(15-31(33)45-2)36(44)42-17-22-6-9-28(42)32(22)37)39-35(40)29-14-21-5-8-26(38-34(21)41(29)16-19-3-4-19)20-7-10-30-23(11-20)12-25(18-43)46-30/h5,7-8,10-11,13-15,19,22,25,28,32,43H,3-4,6,9,12,16-18,37H2,1-2H3. The zero-order valence-electron chi connectivity index (χ0n) is 26.1. The SMILES string of the molecule is COc1cc(C(=O)N2CC3CCC2C3N)cc2nc(-c3cc4ccc(-c5ccc6c(c5)CC(CO)O6)nc4n3CC3CC3)n(C)c12. The van der Waals surface area contributed by atoms with E-state index in [1.807, 2.05) is 36.2 Å². The Kier molecular flexibility index (Phi) is 6.24. The van der Waals surface area contributed by atoms with Crippen LogP contribution in [0.1, 0.15) is 41.6 Å². The largest absolute Gasteiger partial charge is 0.494 e. The van der Waals surface area contributed by atoms with Gasteiger partial charge in [-0.05, 0) is 91.6 Å². The molecule has 2 aliphatic carbocycles. The number of pyridine rings is 1. The number of carbonyl (C=O) groups is 1. The number of piperidine rings is 1. The van der Waals surface area contributed by atoms with Crippen LogP contribution in [0.4, 0.5) is 0 Å². The summed E-state index contributed by atoms with van der Waals surface area (Å²) >= 11 is 0. The van der Waals surface area contributed by atoms with Gasteiger partial charge in [-0.1, -0.05) is 0 Å². The van der Waals surface area contributed by atoms with E-state index in [4.69, 9.17) is 25.2 Å². The molecule has 1 saturated heterocycles. The Labute approximate surface area is 266 Å². The fourth-order valence-corrected chi connectivity index (χ4v) is 8.06. The predicted octanol–water partition coefficient (Wildman–Crippen LogP) is 4.53. The van der Waals surface area contributed by atoms with Crippen molar-refractivity contribution in [1.82, 2.24) is 24.0 Å². The molecule has 3 fully saturated rings. The number of benzene rings is 2. The Morgan fingerprint density at radius 2 is 1.96 bits per heavy atom. The van der Waals surface area contributed by atoms with Gasteiger partial charge >= 0.3 is 0 Å². The van der Waals surface area contributed by atoms with Crippen molar-refractivity contribution in [1.29, 1.82) is 0 Å². The summed E-state index contributed by atoms with van der Waals surface area (Å²) in [7, 11) is 3.66. The van der Waals surface area contributed by atoms with E-state index in [2.05, 4.69) is 33.4 Å². The van der Waals surface area contributed by atoms with Crippen molar-refractivity contribution in [2.24, 2.45) is 24.6 Å². The van der Waals surface area contributed by atoms with E-state index in [0.29, 0.717) is 29.6 Å². The van der Waals surface area contributed by atoms with E-state index in [1.165, 1.54) is 12.8 Å². The average molecular weight is 619 g/mol. The van der Waals surface area contributed by atoms with Crippen molar-refractivity contribution in [2.75, 3.05) is 20.3 Å². The number of hydrogen-bond acceptors (Lipinski definition) is 7. The molecule has 4 aliphatic rings. The van der Waals surface area contributed by atoms with E-state index in [9.17, 15) is 9.90 Å². The molecule has 3 N–H and O–H groups in total. The lowest BCUT2D eigenvalue weighted by Gasteiger charge is -2.27. The van der Waals surface area contributed by atoms with E-state index in [0.717, 1.165) is 82.1 Å². The fraction of sp³-hybridized carbons (Fsp3) is 0.417. The molecular weight excluding hydrogens is 580 g/mol. The van der Waals surface area contributed by atoms with E-state index < -0.39 is 0 Å². The molecule has 3 aromatic heterocycles. The molecule has 2 aromatic carbocycles. The maximum atomic E-state index is 13.7. The number of amides is 1. The van der Waals surface area contributed by atoms with E-state index in [-0.39, 0.29) is 30.7 Å². The second kappa shape index (κ2) is 10.3. The second-order valence-electron chi connectivity index (χ2n) is 13.6. The highest BCUT2D eigenvalue weighted by molar-refractivity contribution is 6.00. The van der Waals surface area contributed by atoms with Crippen LogP contribution >= 0.6 is 0 Å². The molecule has 2 bridgehead atoms.